The summed E-state index contributed by atoms with van der Waals surface area (Å²) in [6.07, 6.45) is 0. The Bertz CT molecular complexity index is 1160. The van der Waals surface area contributed by atoms with Crippen LogP contribution in [0.25, 0.3) is 22.1 Å². The third-order valence-corrected chi connectivity index (χ3v) is 5.59. The summed E-state index contributed by atoms with van der Waals surface area (Å²) in [5.41, 5.74) is 5.65. The first kappa shape index (κ1) is 18.4. The standard InChI is InChI=1S/C21H21N5OS/c1-4-26-16-11-6-5-10-15(16)19-20(26)23-21(25-24-19)28-12-17(27)22-18-13(2)8-7-9-14(18)3/h5-11H,4,12H2,1-3H3,(H,22,27). The number of hydrogen-bond donors (Lipinski definition) is 1. The minimum absolute atomic E-state index is 0.0814. The summed E-state index contributed by atoms with van der Waals surface area (Å²) in [4.78, 5) is 17.1. The highest BCUT2D eigenvalue weighted by Crippen LogP contribution is 2.27. The third-order valence-electron chi connectivity index (χ3n) is 4.75. The van der Waals surface area contributed by atoms with E-state index in [9.17, 15) is 4.79 Å². The molecule has 1 amide bonds. The highest BCUT2D eigenvalue weighted by atomic mass is 32.2. The summed E-state index contributed by atoms with van der Waals surface area (Å²) in [7, 11) is 0. The van der Waals surface area contributed by atoms with Gasteiger partial charge >= 0.3 is 0 Å². The number of thioether (sulfide) groups is 1. The van der Waals surface area contributed by atoms with E-state index in [0.717, 1.165) is 45.4 Å². The SMILES string of the molecule is CCn1c2ccccc2c2nnc(SCC(=O)Nc3c(C)cccc3C)nc21. The Morgan fingerprint density at radius 2 is 1.82 bits per heavy atom. The van der Waals surface area contributed by atoms with Gasteiger partial charge in [0, 0.05) is 17.6 Å². The van der Waals surface area contributed by atoms with E-state index in [1.54, 1.807) is 0 Å². The van der Waals surface area contributed by atoms with Gasteiger partial charge < -0.3 is 9.88 Å². The van der Waals surface area contributed by atoms with Gasteiger partial charge in [0.25, 0.3) is 0 Å². The molecule has 4 rings (SSSR count). The summed E-state index contributed by atoms with van der Waals surface area (Å²) < 4.78 is 2.13. The Morgan fingerprint density at radius 1 is 1.07 bits per heavy atom. The van der Waals surface area contributed by atoms with Crippen LogP contribution in [0.15, 0.2) is 47.6 Å². The lowest BCUT2D eigenvalue weighted by molar-refractivity contribution is -0.113. The molecule has 4 aromatic rings. The molecule has 0 atom stereocenters. The number of aryl methyl sites for hydroxylation is 3. The smallest absolute Gasteiger partial charge is 0.234 e. The highest BCUT2D eigenvalue weighted by molar-refractivity contribution is 7.99. The maximum absolute atomic E-state index is 12.4. The van der Waals surface area contributed by atoms with Gasteiger partial charge in [0.1, 0.15) is 5.52 Å². The summed E-state index contributed by atoms with van der Waals surface area (Å²) >= 11 is 1.29. The topological polar surface area (TPSA) is 72.7 Å². The molecule has 2 aromatic heterocycles. The molecule has 0 aliphatic rings. The summed E-state index contributed by atoms with van der Waals surface area (Å²) in [6.45, 7) is 6.85. The van der Waals surface area contributed by atoms with E-state index in [4.69, 9.17) is 0 Å². The molecule has 7 heteroatoms. The molecular weight excluding hydrogens is 370 g/mol. The summed E-state index contributed by atoms with van der Waals surface area (Å²) in [5, 5.41) is 13.1. The highest BCUT2D eigenvalue weighted by Gasteiger charge is 2.15. The third kappa shape index (κ3) is 3.33. The van der Waals surface area contributed by atoms with E-state index in [1.165, 1.54) is 11.8 Å². The van der Waals surface area contributed by atoms with E-state index in [1.807, 2.05) is 50.2 Å². The predicted molar refractivity (Wildman–Crippen MR) is 114 cm³/mol. The first-order valence-corrected chi connectivity index (χ1v) is 10.2. The van der Waals surface area contributed by atoms with E-state index in [2.05, 4.69) is 38.1 Å². The second-order valence-electron chi connectivity index (χ2n) is 6.63. The number of fused-ring (bicyclic) bond motifs is 3. The van der Waals surface area contributed by atoms with Crippen LogP contribution in [0.2, 0.25) is 0 Å². The van der Waals surface area contributed by atoms with Crippen LogP contribution in [-0.4, -0.2) is 31.4 Å². The Labute approximate surface area is 167 Å². The molecule has 0 fully saturated rings. The number of para-hydroxylation sites is 2. The van der Waals surface area contributed by atoms with Gasteiger partial charge in [-0.05, 0) is 38.0 Å². The Balaban J connectivity index is 1.55. The fraction of sp³-hybridized carbons (Fsp3) is 0.238. The second-order valence-corrected chi connectivity index (χ2v) is 7.57. The molecule has 28 heavy (non-hydrogen) atoms. The second kappa shape index (κ2) is 7.59. The van der Waals surface area contributed by atoms with Crippen molar-refractivity contribution in [2.75, 3.05) is 11.1 Å². The zero-order valence-corrected chi connectivity index (χ0v) is 16.9. The molecule has 0 unspecified atom stereocenters. The van der Waals surface area contributed by atoms with Crippen molar-refractivity contribution in [2.45, 2.75) is 32.5 Å². The van der Waals surface area contributed by atoms with Crippen molar-refractivity contribution < 1.29 is 4.79 Å². The molecule has 0 aliphatic heterocycles. The number of aromatic nitrogens is 4. The molecule has 6 nitrogen and oxygen atoms in total. The predicted octanol–water partition coefficient (Wildman–Crippen LogP) is 4.35. The molecule has 2 heterocycles. The number of benzene rings is 2. The minimum atomic E-state index is -0.0814. The van der Waals surface area contributed by atoms with Crippen LogP contribution >= 0.6 is 11.8 Å². The van der Waals surface area contributed by atoms with Gasteiger partial charge in [-0.3, -0.25) is 4.79 Å². The van der Waals surface area contributed by atoms with Crippen LogP contribution < -0.4 is 5.32 Å². The first-order valence-electron chi connectivity index (χ1n) is 9.19. The number of hydrogen-bond acceptors (Lipinski definition) is 5. The van der Waals surface area contributed by atoms with Gasteiger partial charge in [-0.25, -0.2) is 4.98 Å². The quantitative estimate of drug-likeness (QED) is 0.512. The fourth-order valence-electron chi connectivity index (χ4n) is 3.39. The first-order chi connectivity index (χ1) is 13.6. The molecular formula is C21H21N5OS. The lowest BCUT2D eigenvalue weighted by Crippen LogP contribution is -2.16. The molecule has 142 valence electrons. The van der Waals surface area contributed by atoms with Crippen molar-refractivity contribution in [2.24, 2.45) is 0 Å². The van der Waals surface area contributed by atoms with Crippen LogP contribution in [-0.2, 0) is 11.3 Å². The van der Waals surface area contributed by atoms with Gasteiger partial charge in [-0.1, -0.05) is 48.2 Å². The van der Waals surface area contributed by atoms with Crippen molar-refractivity contribution in [3.63, 3.8) is 0 Å². The lowest BCUT2D eigenvalue weighted by atomic mass is 10.1. The monoisotopic (exact) mass is 391 g/mol. The van der Waals surface area contributed by atoms with Gasteiger partial charge in [-0.15, -0.1) is 10.2 Å². The number of carbonyl (C=O) groups is 1. The van der Waals surface area contributed by atoms with Gasteiger partial charge in [0.15, 0.2) is 5.65 Å². The number of carbonyl (C=O) groups excluding carboxylic acids is 1. The van der Waals surface area contributed by atoms with E-state index >= 15 is 0 Å². The summed E-state index contributed by atoms with van der Waals surface area (Å²) in [6, 6.07) is 14.0. The number of amides is 1. The Morgan fingerprint density at radius 3 is 2.57 bits per heavy atom. The molecule has 1 N–H and O–H groups in total. The molecule has 0 saturated carbocycles. The van der Waals surface area contributed by atoms with E-state index in [0.29, 0.717) is 5.16 Å². The van der Waals surface area contributed by atoms with Crippen LogP contribution in [0.1, 0.15) is 18.1 Å². The maximum Gasteiger partial charge on any atom is 0.234 e. The van der Waals surface area contributed by atoms with E-state index in [-0.39, 0.29) is 11.7 Å². The van der Waals surface area contributed by atoms with Crippen LogP contribution in [0.3, 0.4) is 0 Å². The van der Waals surface area contributed by atoms with Crippen LogP contribution in [0.5, 0.6) is 0 Å². The van der Waals surface area contributed by atoms with Crippen molar-refractivity contribution in [3.8, 4) is 0 Å². The van der Waals surface area contributed by atoms with Crippen molar-refractivity contribution in [1.29, 1.82) is 0 Å². The number of nitrogens with one attached hydrogen (secondary N) is 1. The zero-order valence-electron chi connectivity index (χ0n) is 16.1. The van der Waals surface area contributed by atoms with Crippen molar-refractivity contribution in [3.05, 3.63) is 53.6 Å². The molecule has 2 aromatic carbocycles. The van der Waals surface area contributed by atoms with Gasteiger partial charge in [0.05, 0.1) is 11.3 Å². The molecule has 0 bridgehead atoms. The Hall–Kier alpha value is -2.93. The van der Waals surface area contributed by atoms with E-state index < -0.39 is 0 Å². The largest absolute Gasteiger partial charge is 0.325 e. The van der Waals surface area contributed by atoms with Gasteiger partial charge in [-0.2, -0.15) is 0 Å². The molecule has 0 radical (unpaired) electrons. The van der Waals surface area contributed by atoms with Crippen LogP contribution in [0, 0.1) is 13.8 Å². The zero-order chi connectivity index (χ0) is 19.7. The average Bonchev–Trinajstić information content (AvgIpc) is 3.02. The molecule has 0 aliphatic carbocycles. The fourth-order valence-corrected chi connectivity index (χ4v) is 3.97. The lowest BCUT2D eigenvalue weighted by Gasteiger charge is -2.11. The number of anilines is 1. The van der Waals surface area contributed by atoms with Gasteiger partial charge in [0.2, 0.25) is 11.1 Å². The normalized spacial score (nSPS) is 11.2. The minimum Gasteiger partial charge on any atom is -0.325 e. The van der Waals surface area contributed by atoms with Crippen molar-refractivity contribution in [1.82, 2.24) is 19.7 Å². The average molecular weight is 392 g/mol. The number of nitrogens with zero attached hydrogens (tertiary/aromatic N) is 4. The van der Waals surface area contributed by atoms with Crippen LogP contribution in [0.4, 0.5) is 5.69 Å². The molecule has 0 saturated heterocycles. The maximum atomic E-state index is 12.4. The Kier molecular flexibility index (Phi) is 5.00. The number of rotatable bonds is 5. The molecule has 0 spiro atoms. The van der Waals surface area contributed by atoms with Crippen molar-refractivity contribution >= 4 is 45.4 Å². The summed E-state index contributed by atoms with van der Waals surface area (Å²) in [5.74, 6) is 0.148.